The highest BCUT2D eigenvalue weighted by molar-refractivity contribution is 4.87. The van der Waals surface area contributed by atoms with Gasteiger partial charge in [-0.2, -0.15) is 26.3 Å². The molecule has 19 heavy (non-hydrogen) atoms. The maximum absolute atomic E-state index is 12.7. The summed E-state index contributed by atoms with van der Waals surface area (Å²) < 4.78 is 76.3. The molecule has 0 radical (unpaired) electrons. The Morgan fingerprint density at radius 2 is 0.947 bits per heavy atom. The zero-order chi connectivity index (χ0) is 15.4. The fraction of sp³-hybridized carbons (Fsp3) is 1.00. The van der Waals surface area contributed by atoms with Crippen molar-refractivity contribution in [3.63, 3.8) is 0 Å². The van der Waals surface area contributed by atoms with E-state index in [0.29, 0.717) is 0 Å². The Bertz CT molecular complexity index is 233. The molecule has 116 valence electrons. The van der Waals surface area contributed by atoms with Crippen LogP contribution in [0.1, 0.15) is 34.1 Å². The first-order valence-corrected chi connectivity index (χ1v) is 5.99. The summed E-state index contributed by atoms with van der Waals surface area (Å²) >= 11 is 0. The Morgan fingerprint density at radius 1 is 0.684 bits per heavy atom. The summed E-state index contributed by atoms with van der Waals surface area (Å²) in [6.07, 6.45) is -10.5. The van der Waals surface area contributed by atoms with Crippen LogP contribution in [-0.4, -0.2) is 36.5 Å². The monoisotopic (exact) mass is 294 g/mol. The van der Waals surface area contributed by atoms with Crippen LogP contribution >= 0.6 is 0 Å². The summed E-state index contributed by atoms with van der Waals surface area (Å²) in [7, 11) is 0. The third kappa shape index (κ3) is 7.61. The molecule has 2 nitrogen and oxygen atoms in total. The highest BCUT2D eigenvalue weighted by atomic mass is 19.4. The molecule has 0 aromatic rings. The predicted molar refractivity (Wildman–Crippen MR) is 60.8 cm³/mol. The molecule has 2 unspecified atom stereocenters. The maximum Gasteiger partial charge on any atom is 0.403 e. The predicted octanol–water partition coefficient (Wildman–Crippen LogP) is 3.23. The van der Waals surface area contributed by atoms with Crippen molar-refractivity contribution >= 4 is 0 Å². The van der Waals surface area contributed by atoms with Crippen molar-refractivity contribution < 1.29 is 26.3 Å². The largest absolute Gasteiger partial charge is 0.403 e. The van der Waals surface area contributed by atoms with E-state index in [1.165, 1.54) is 27.7 Å². The molecule has 0 rings (SSSR count). The third-order valence-electron chi connectivity index (χ3n) is 2.33. The van der Waals surface area contributed by atoms with Crippen LogP contribution in [0.3, 0.4) is 0 Å². The van der Waals surface area contributed by atoms with Crippen LogP contribution in [-0.2, 0) is 0 Å². The van der Waals surface area contributed by atoms with Gasteiger partial charge in [0.15, 0.2) is 0 Å². The summed E-state index contributed by atoms with van der Waals surface area (Å²) in [5.74, 6) is 0. The van der Waals surface area contributed by atoms with Gasteiger partial charge in [-0.05, 0) is 6.42 Å². The highest BCUT2D eigenvalue weighted by Crippen LogP contribution is 2.30. The Balaban J connectivity index is 4.93. The van der Waals surface area contributed by atoms with E-state index in [2.05, 4.69) is 10.6 Å². The molecule has 2 N–H and O–H groups in total. The van der Waals surface area contributed by atoms with Crippen LogP contribution in [0.5, 0.6) is 0 Å². The van der Waals surface area contributed by atoms with Crippen LogP contribution in [0.15, 0.2) is 0 Å². The summed E-state index contributed by atoms with van der Waals surface area (Å²) in [6.45, 7) is 5.82. The molecule has 0 aliphatic rings. The van der Waals surface area contributed by atoms with E-state index in [-0.39, 0.29) is 0 Å². The average Bonchev–Trinajstić information content (AvgIpc) is 2.10. The zero-order valence-electron chi connectivity index (χ0n) is 11.3. The van der Waals surface area contributed by atoms with E-state index >= 15 is 0 Å². The summed E-state index contributed by atoms with van der Waals surface area (Å²) in [4.78, 5) is 0. The standard InChI is InChI=1S/C11H20F6N2/c1-6(2)18-8(10(12,13)14)5-9(11(15,16)17)19-7(3)4/h6-9,18-19H,5H2,1-4H3. The molecule has 8 heteroatoms. The molecular formula is C11H20F6N2. The number of hydrogen-bond acceptors (Lipinski definition) is 2. The molecule has 0 aliphatic carbocycles. The summed E-state index contributed by atoms with van der Waals surface area (Å²) in [6, 6.07) is -5.49. The van der Waals surface area contributed by atoms with E-state index in [0.717, 1.165) is 0 Å². The van der Waals surface area contributed by atoms with Crippen LogP contribution in [0.25, 0.3) is 0 Å². The van der Waals surface area contributed by atoms with Gasteiger partial charge < -0.3 is 10.6 Å². The summed E-state index contributed by atoms with van der Waals surface area (Å²) in [5, 5.41) is 4.26. The minimum atomic E-state index is -4.72. The molecule has 0 aliphatic heterocycles. The van der Waals surface area contributed by atoms with Gasteiger partial charge in [-0.15, -0.1) is 0 Å². The molecular weight excluding hydrogens is 274 g/mol. The highest BCUT2D eigenvalue weighted by Gasteiger charge is 2.47. The lowest BCUT2D eigenvalue weighted by molar-refractivity contribution is -0.186. The Labute approximate surface area is 108 Å². The smallest absolute Gasteiger partial charge is 0.304 e. The molecule has 0 spiro atoms. The van der Waals surface area contributed by atoms with Gasteiger partial charge in [0, 0.05) is 12.1 Å². The van der Waals surface area contributed by atoms with Gasteiger partial charge in [0.05, 0.1) is 0 Å². The minimum Gasteiger partial charge on any atom is -0.304 e. The normalized spacial score (nSPS) is 17.1. The van der Waals surface area contributed by atoms with Crippen molar-refractivity contribution in [3.8, 4) is 0 Å². The molecule has 0 heterocycles. The van der Waals surface area contributed by atoms with Gasteiger partial charge in [0.2, 0.25) is 0 Å². The second-order valence-corrected chi connectivity index (χ2v) is 5.07. The van der Waals surface area contributed by atoms with Gasteiger partial charge in [-0.25, -0.2) is 0 Å². The SMILES string of the molecule is CC(C)NC(CC(NC(C)C)C(F)(F)F)C(F)(F)F. The first-order chi connectivity index (χ1) is 8.34. The fourth-order valence-corrected chi connectivity index (χ4v) is 1.63. The molecule has 0 fully saturated rings. The number of hydrogen-bond donors (Lipinski definition) is 2. The van der Waals surface area contributed by atoms with Gasteiger partial charge in [0.25, 0.3) is 0 Å². The number of alkyl halides is 6. The quantitative estimate of drug-likeness (QED) is 0.735. The number of halogens is 6. The maximum atomic E-state index is 12.7. The molecule has 0 aromatic carbocycles. The van der Waals surface area contributed by atoms with Gasteiger partial charge in [-0.1, -0.05) is 27.7 Å². The van der Waals surface area contributed by atoms with Crippen molar-refractivity contribution in [2.45, 2.75) is 70.6 Å². The van der Waals surface area contributed by atoms with Crippen LogP contribution in [0.2, 0.25) is 0 Å². The molecule has 0 bridgehead atoms. The van der Waals surface area contributed by atoms with Gasteiger partial charge >= 0.3 is 12.4 Å². The molecule has 0 aromatic heterocycles. The van der Waals surface area contributed by atoms with Crippen LogP contribution < -0.4 is 10.6 Å². The second kappa shape index (κ2) is 6.78. The minimum absolute atomic E-state index is 0.556. The van der Waals surface area contributed by atoms with Gasteiger partial charge in [0.1, 0.15) is 12.1 Å². The topological polar surface area (TPSA) is 24.1 Å². The second-order valence-electron chi connectivity index (χ2n) is 5.07. The van der Waals surface area contributed by atoms with E-state index in [4.69, 9.17) is 0 Å². The number of nitrogens with one attached hydrogen (secondary N) is 2. The van der Waals surface area contributed by atoms with Crippen molar-refractivity contribution in [3.05, 3.63) is 0 Å². The molecule has 0 amide bonds. The molecule has 0 saturated carbocycles. The lowest BCUT2D eigenvalue weighted by atomic mass is 10.0. The fourth-order valence-electron chi connectivity index (χ4n) is 1.63. The zero-order valence-corrected chi connectivity index (χ0v) is 11.3. The van der Waals surface area contributed by atoms with E-state index in [1.54, 1.807) is 0 Å². The Kier molecular flexibility index (Phi) is 6.61. The van der Waals surface area contributed by atoms with Crippen molar-refractivity contribution in [1.29, 1.82) is 0 Å². The first kappa shape index (κ1) is 18.5. The van der Waals surface area contributed by atoms with E-state index in [9.17, 15) is 26.3 Å². The Hall–Kier alpha value is -0.500. The summed E-state index contributed by atoms with van der Waals surface area (Å²) in [5.41, 5.74) is 0. The molecule has 2 atom stereocenters. The van der Waals surface area contributed by atoms with E-state index < -0.39 is 42.9 Å². The van der Waals surface area contributed by atoms with Crippen LogP contribution in [0, 0.1) is 0 Å². The van der Waals surface area contributed by atoms with Gasteiger partial charge in [-0.3, -0.25) is 0 Å². The molecule has 0 saturated heterocycles. The average molecular weight is 294 g/mol. The first-order valence-electron chi connectivity index (χ1n) is 5.99. The van der Waals surface area contributed by atoms with Crippen molar-refractivity contribution in [2.75, 3.05) is 0 Å². The lowest BCUT2D eigenvalue weighted by Crippen LogP contribution is -2.54. The lowest BCUT2D eigenvalue weighted by Gasteiger charge is -2.30. The Morgan fingerprint density at radius 3 is 1.11 bits per heavy atom. The third-order valence-corrected chi connectivity index (χ3v) is 2.33. The van der Waals surface area contributed by atoms with Crippen LogP contribution in [0.4, 0.5) is 26.3 Å². The van der Waals surface area contributed by atoms with Crippen molar-refractivity contribution in [2.24, 2.45) is 0 Å². The van der Waals surface area contributed by atoms with E-state index in [1.807, 2.05) is 0 Å². The number of rotatable bonds is 6. The van der Waals surface area contributed by atoms with Crippen molar-refractivity contribution in [1.82, 2.24) is 10.6 Å².